The van der Waals surface area contributed by atoms with Crippen molar-refractivity contribution < 1.29 is 14.3 Å². The third-order valence-electron chi connectivity index (χ3n) is 2.98. The van der Waals surface area contributed by atoms with E-state index >= 15 is 0 Å². The number of nitrogens with zero attached hydrogens (tertiary/aromatic N) is 4. The summed E-state index contributed by atoms with van der Waals surface area (Å²) in [6, 6.07) is 3.46. The van der Waals surface area contributed by atoms with Crippen LogP contribution in [-0.4, -0.2) is 44.0 Å². The van der Waals surface area contributed by atoms with Crippen LogP contribution in [0.1, 0.15) is 22.3 Å². The molecule has 1 saturated heterocycles. The normalized spacial score (nSPS) is 15.7. The third-order valence-corrected chi connectivity index (χ3v) is 2.98. The van der Waals surface area contributed by atoms with Crippen molar-refractivity contribution in [2.45, 2.75) is 12.6 Å². The molecule has 0 unspecified atom stereocenters. The van der Waals surface area contributed by atoms with Gasteiger partial charge >= 0.3 is 0 Å². The predicted molar refractivity (Wildman–Crippen MR) is 59.6 cm³/mol. The van der Waals surface area contributed by atoms with E-state index in [2.05, 4.69) is 10.3 Å². The first-order valence-electron chi connectivity index (χ1n) is 5.62. The number of hydrogen-bond donors (Lipinski definition) is 1. The molecule has 1 fully saturated rings. The van der Waals surface area contributed by atoms with Gasteiger partial charge in [0.15, 0.2) is 5.76 Å². The van der Waals surface area contributed by atoms with Crippen LogP contribution in [0.4, 0.5) is 0 Å². The monoisotopic (exact) mass is 248 g/mol. The number of carbonyl (C=O) groups excluding carboxylic acids is 1. The van der Waals surface area contributed by atoms with Crippen molar-refractivity contribution in [2.75, 3.05) is 13.1 Å². The molecular formula is C11H12N4O3. The molecule has 0 atom stereocenters. The summed E-state index contributed by atoms with van der Waals surface area (Å²) < 4.78 is 6.73. The van der Waals surface area contributed by atoms with Crippen LogP contribution < -0.4 is 0 Å². The second kappa shape index (κ2) is 4.26. The largest absolute Gasteiger partial charge is 0.459 e. The lowest BCUT2D eigenvalue weighted by molar-refractivity contribution is 0.0467. The van der Waals surface area contributed by atoms with Crippen LogP contribution in [0, 0.1) is 0 Å². The summed E-state index contributed by atoms with van der Waals surface area (Å²) in [5.74, 6) is 0.238. The van der Waals surface area contributed by atoms with Crippen LogP contribution in [0.25, 0.3) is 0 Å². The molecular weight excluding hydrogens is 236 g/mol. The number of amides is 1. The molecule has 0 radical (unpaired) electrons. The topological polar surface area (TPSA) is 84.4 Å². The van der Waals surface area contributed by atoms with Gasteiger partial charge < -0.3 is 14.4 Å². The van der Waals surface area contributed by atoms with Gasteiger partial charge in [0, 0.05) is 13.1 Å². The van der Waals surface area contributed by atoms with Crippen LogP contribution in [0.5, 0.6) is 0 Å². The van der Waals surface area contributed by atoms with Gasteiger partial charge in [-0.25, -0.2) is 4.68 Å². The van der Waals surface area contributed by atoms with E-state index in [1.807, 2.05) is 0 Å². The SMILES string of the molecule is O=C(c1ccco1)N1CC(n2cc(CO)nn2)C1. The highest BCUT2D eigenvalue weighted by atomic mass is 16.3. The lowest BCUT2D eigenvalue weighted by Crippen LogP contribution is -2.50. The maximum atomic E-state index is 11.9. The van der Waals surface area contributed by atoms with E-state index < -0.39 is 0 Å². The summed E-state index contributed by atoms with van der Waals surface area (Å²) in [5.41, 5.74) is 0.533. The highest BCUT2D eigenvalue weighted by molar-refractivity contribution is 5.92. The summed E-state index contributed by atoms with van der Waals surface area (Å²) in [7, 11) is 0. The molecule has 0 aromatic carbocycles. The summed E-state index contributed by atoms with van der Waals surface area (Å²) in [5, 5.41) is 16.6. The van der Waals surface area contributed by atoms with E-state index in [1.54, 1.807) is 27.9 Å². The predicted octanol–water partition coefficient (Wildman–Crippen LogP) is 0.0605. The zero-order valence-electron chi connectivity index (χ0n) is 9.56. The van der Waals surface area contributed by atoms with Crippen molar-refractivity contribution in [3.63, 3.8) is 0 Å². The second-order valence-electron chi connectivity index (χ2n) is 4.19. The quantitative estimate of drug-likeness (QED) is 0.830. The standard InChI is InChI=1S/C11H12N4O3/c16-7-8-4-15(13-12-8)9-5-14(6-9)11(17)10-2-1-3-18-10/h1-4,9,16H,5-7H2. The summed E-state index contributed by atoms with van der Waals surface area (Å²) in [6.45, 7) is 1.03. The van der Waals surface area contributed by atoms with E-state index in [9.17, 15) is 4.79 Å². The fraction of sp³-hybridized carbons (Fsp3) is 0.364. The van der Waals surface area contributed by atoms with Gasteiger partial charge in [0.2, 0.25) is 0 Å². The minimum atomic E-state index is -0.123. The van der Waals surface area contributed by atoms with E-state index in [4.69, 9.17) is 9.52 Å². The Kier molecular flexibility index (Phi) is 2.60. The highest BCUT2D eigenvalue weighted by Gasteiger charge is 2.34. The molecule has 2 aromatic rings. The first-order valence-corrected chi connectivity index (χ1v) is 5.62. The first-order chi connectivity index (χ1) is 8.78. The number of carbonyl (C=O) groups is 1. The van der Waals surface area contributed by atoms with Crippen molar-refractivity contribution in [1.29, 1.82) is 0 Å². The van der Waals surface area contributed by atoms with Crippen molar-refractivity contribution in [3.8, 4) is 0 Å². The van der Waals surface area contributed by atoms with E-state index in [0.29, 0.717) is 24.5 Å². The zero-order chi connectivity index (χ0) is 12.5. The molecule has 2 aromatic heterocycles. The van der Waals surface area contributed by atoms with Crippen LogP contribution in [0.15, 0.2) is 29.0 Å². The highest BCUT2D eigenvalue weighted by Crippen LogP contribution is 2.22. The van der Waals surface area contributed by atoms with Gasteiger partial charge in [0.1, 0.15) is 5.69 Å². The number of rotatable bonds is 3. The molecule has 1 N–H and O–H groups in total. The van der Waals surface area contributed by atoms with Gasteiger partial charge in [-0.05, 0) is 12.1 Å². The summed E-state index contributed by atoms with van der Waals surface area (Å²) in [4.78, 5) is 13.6. The molecule has 3 heterocycles. The van der Waals surface area contributed by atoms with Crippen LogP contribution in [0.3, 0.4) is 0 Å². The number of aliphatic hydroxyl groups is 1. The lowest BCUT2D eigenvalue weighted by atomic mass is 10.1. The maximum absolute atomic E-state index is 11.9. The molecule has 7 heteroatoms. The Balaban J connectivity index is 1.61. The van der Waals surface area contributed by atoms with Gasteiger partial charge in [-0.15, -0.1) is 5.10 Å². The third kappa shape index (κ3) is 1.78. The summed E-state index contributed by atoms with van der Waals surface area (Å²) in [6.07, 6.45) is 3.18. The van der Waals surface area contributed by atoms with Crippen molar-refractivity contribution in [1.82, 2.24) is 19.9 Å². The minimum absolute atomic E-state index is 0.112. The van der Waals surface area contributed by atoms with Gasteiger partial charge in [0.05, 0.1) is 25.1 Å². The molecule has 0 bridgehead atoms. The van der Waals surface area contributed by atoms with E-state index in [-0.39, 0.29) is 18.6 Å². The maximum Gasteiger partial charge on any atom is 0.289 e. The smallest absolute Gasteiger partial charge is 0.289 e. The van der Waals surface area contributed by atoms with Gasteiger partial charge in [0.25, 0.3) is 5.91 Å². The molecule has 3 rings (SSSR count). The lowest BCUT2D eigenvalue weighted by Gasteiger charge is -2.38. The molecule has 1 aliphatic heterocycles. The fourth-order valence-electron chi connectivity index (χ4n) is 1.91. The Morgan fingerprint density at radius 3 is 3.00 bits per heavy atom. The number of furan rings is 1. The van der Waals surface area contributed by atoms with Crippen LogP contribution in [0.2, 0.25) is 0 Å². The Morgan fingerprint density at radius 1 is 1.56 bits per heavy atom. The average Bonchev–Trinajstić information content (AvgIpc) is 2.98. The van der Waals surface area contributed by atoms with Crippen molar-refractivity contribution >= 4 is 5.91 Å². The Morgan fingerprint density at radius 2 is 2.39 bits per heavy atom. The first kappa shape index (κ1) is 11.0. The van der Waals surface area contributed by atoms with Gasteiger partial charge in [-0.2, -0.15) is 0 Å². The van der Waals surface area contributed by atoms with Crippen LogP contribution >= 0.6 is 0 Å². The van der Waals surface area contributed by atoms with Crippen LogP contribution in [-0.2, 0) is 6.61 Å². The molecule has 0 spiro atoms. The summed E-state index contributed by atoms with van der Waals surface area (Å²) >= 11 is 0. The Bertz CT molecular complexity index is 542. The Labute approximate surface area is 103 Å². The molecule has 1 amide bonds. The molecule has 0 aliphatic carbocycles. The van der Waals surface area contributed by atoms with Gasteiger partial charge in [-0.3, -0.25) is 4.79 Å². The second-order valence-corrected chi connectivity index (χ2v) is 4.19. The van der Waals surface area contributed by atoms with E-state index in [0.717, 1.165) is 0 Å². The van der Waals surface area contributed by atoms with Gasteiger partial charge in [-0.1, -0.05) is 5.21 Å². The number of aromatic nitrogens is 3. The number of hydrogen-bond acceptors (Lipinski definition) is 5. The van der Waals surface area contributed by atoms with Crippen molar-refractivity contribution in [2.24, 2.45) is 0 Å². The van der Waals surface area contributed by atoms with E-state index in [1.165, 1.54) is 6.26 Å². The zero-order valence-corrected chi connectivity index (χ0v) is 9.56. The average molecular weight is 248 g/mol. The Hall–Kier alpha value is -2.15. The van der Waals surface area contributed by atoms with Crippen molar-refractivity contribution in [3.05, 3.63) is 36.0 Å². The minimum Gasteiger partial charge on any atom is -0.459 e. The molecule has 0 saturated carbocycles. The number of likely N-dealkylation sites (tertiary alicyclic amines) is 1. The fourth-order valence-corrected chi connectivity index (χ4v) is 1.91. The number of aliphatic hydroxyl groups excluding tert-OH is 1. The molecule has 1 aliphatic rings. The molecule has 18 heavy (non-hydrogen) atoms. The molecule has 7 nitrogen and oxygen atoms in total. The molecule has 94 valence electrons.